The average Bonchev–Trinajstić information content (AvgIpc) is 3.56. The standard InChI is InChI=1S/C22H27N3O4/c1-14(23-21(26)15-5-7-16(28-2)8-6-15)18-11-12-20-19(24-18)4-3-13-25(20)22(27)29-17-9-10-17/h5-8,11-12,14,17,22,27H,3-4,9-10,13H2,1-2H3,(H,23,26). The first-order chi connectivity index (χ1) is 14.0. The molecular weight excluding hydrogens is 370 g/mol. The average molecular weight is 397 g/mol. The van der Waals surface area contributed by atoms with Gasteiger partial charge in [0, 0.05) is 12.1 Å². The number of benzene rings is 1. The molecule has 1 fully saturated rings. The van der Waals surface area contributed by atoms with E-state index in [0.717, 1.165) is 49.3 Å². The number of amides is 1. The number of hydrogen-bond donors (Lipinski definition) is 2. The largest absolute Gasteiger partial charge is 0.497 e. The second-order valence-electron chi connectivity index (χ2n) is 7.58. The van der Waals surface area contributed by atoms with Gasteiger partial charge in [0.25, 0.3) is 5.91 Å². The third kappa shape index (κ3) is 4.52. The van der Waals surface area contributed by atoms with Gasteiger partial charge in [-0.05, 0) is 69.0 Å². The van der Waals surface area contributed by atoms with Gasteiger partial charge in [-0.25, -0.2) is 0 Å². The molecule has 2 N–H and O–H groups in total. The summed E-state index contributed by atoms with van der Waals surface area (Å²) in [7, 11) is 1.59. The Balaban J connectivity index is 1.45. The maximum atomic E-state index is 12.5. The monoisotopic (exact) mass is 397 g/mol. The fraction of sp³-hybridized carbons (Fsp3) is 0.455. The predicted molar refractivity (Wildman–Crippen MR) is 109 cm³/mol. The first-order valence-electron chi connectivity index (χ1n) is 10.1. The predicted octanol–water partition coefficient (Wildman–Crippen LogP) is 2.79. The molecule has 1 aliphatic heterocycles. The number of anilines is 1. The van der Waals surface area contributed by atoms with Crippen molar-refractivity contribution in [3.63, 3.8) is 0 Å². The Morgan fingerprint density at radius 3 is 2.69 bits per heavy atom. The molecule has 0 bridgehead atoms. The number of ether oxygens (including phenoxy) is 2. The van der Waals surface area contributed by atoms with E-state index < -0.39 is 6.41 Å². The highest BCUT2D eigenvalue weighted by atomic mass is 16.6. The molecule has 1 amide bonds. The van der Waals surface area contributed by atoms with E-state index in [2.05, 4.69) is 5.32 Å². The number of rotatable bonds is 7. The summed E-state index contributed by atoms with van der Waals surface area (Å²) in [6, 6.07) is 10.6. The molecule has 0 spiro atoms. The van der Waals surface area contributed by atoms with Gasteiger partial charge in [0.2, 0.25) is 6.41 Å². The van der Waals surface area contributed by atoms with Crippen LogP contribution in [0.15, 0.2) is 36.4 Å². The molecule has 2 atom stereocenters. The quantitative estimate of drug-likeness (QED) is 0.699. The summed E-state index contributed by atoms with van der Waals surface area (Å²) in [6.45, 7) is 2.66. The summed E-state index contributed by atoms with van der Waals surface area (Å²) >= 11 is 0. The fourth-order valence-corrected chi connectivity index (χ4v) is 3.51. The number of aliphatic hydroxyl groups excluding tert-OH is 1. The number of aliphatic hydroxyl groups is 1. The van der Waals surface area contributed by atoms with Crippen molar-refractivity contribution in [1.82, 2.24) is 10.3 Å². The molecule has 7 heteroatoms. The summed E-state index contributed by atoms with van der Waals surface area (Å²) in [4.78, 5) is 19.2. The minimum Gasteiger partial charge on any atom is -0.497 e. The van der Waals surface area contributed by atoms with Crippen LogP contribution in [0.1, 0.15) is 54.0 Å². The first-order valence-corrected chi connectivity index (χ1v) is 10.1. The van der Waals surface area contributed by atoms with Gasteiger partial charge in [0.15, 0.2) is 0 Å². The van der Waals surface area contributed by atoms with Gasteiger partial charge in [-0.1, -0.05) is 0 Å². The Kier molecular flexibility index (Phi) is 5.69. The molecule has 1 aliphatic carbocycles. The minimum absolute atomic E-state index is 0.158. The van der Waals surface area contributed by atoms with E-state index in [-0.39, 0.29) is 18.1 Å². The highest BCUT2D eigenvalue weighted by Gasteiger charge is 2.31. The molecule has 2 heterocycles. The van der Waals surface area contributed by atoms with Gasteiger partial charge in [0.1, 0.15) is 5.75 Å². The number of fused-ring (bicyclic) bond motifs is 1. The summed E-state index contributed by atoms with van der Waals surface area (Å²) in [5.41, 5.74) is 3.20. The van der Waals surface area contributed by atoms with Crippen molar-refractivity contribution in [1.29, 1.82) is 0 Å². The maximum absolute atomic E-state index is 12.5. The number of methoxy groups -OCH3 is 1. The summed E-state index contributed by atoms with van der Waals surface area (Å²) in [6.07, 6.45) is 3.02. The molecule has 0 radical (unpaired) electrons. The van der Waals surface area contributed by atoms with Gasteiger partial charge < -0.3 is 24.8 Å². The van der Waals surface area contributed by atoms with Crippen molar-refractivity contribution in [2.75, 3.05) is 18.6 Å². The molecule has 1 aromatic carbocycles. The fourth-order valence-electron chi connectivity index (χ4n) is 3.51. The molecule has 1 saturated carbocycles. The van der Waals surface area contributed by atoms with Crippen molar-refractivity contribution in [3.05, 3.63) is 53.3 Å². The zero-order valence-electron chi connectivity index (χ0n) is 16.8. The maximum Gasteiger partial charge on any atom is 0.251 e. The lowest BCUT2D eigenvalue weighted by molar-refractivity contribution is -0.108. The van der Waals surface area contributed by atoms with Gasteiger partial charge in [-0.2, -0.15) is 0 Å². The summed E-state index contributed by atoms with van der Waals surface area (Å²) in [5.74, 6) is 0.554. The molecule has 2 aromatic rings. The van der Waals surface area contributed by atoms with Crippen LogP contribution in [0.25, 0.3) is 0 Å². The third-order valence-electron chi connectivity index (χ3n) is 5.34. The van der Waals surface area contributed by atoms with Crippen LogP contribution in [0.4, 0.5) is 5.69 Å². The normalized spacial score (nSPS) is 18.0. The lowest BCUT2D eigenvalue weighted by atomic mass is 10.1. The van der Waals surface area contributed by atoms with E-state index in [0.29, 0.717) is 11.3 Å². The van der Waals surface area contributed by atoms with Crippen LogP contribution in [0.3, 0.4) is 0 Å². The Hall–Kier alpha value is -2.64. The van der Waals surface area contributed by atoms with E-state index in [1.165, 1.54) is 0 Å². The van der Waals surface area contributed by atoms with E-state index in [4.69, 9.17) is 14.5 Å². The van der Waals surface area contributed by atoms with Crippen LogP contribution in [0.2, 0.25) is 0 Å². The highest BCUT2D eigenvalue weighted by molar-refractivity contribution is 5.94. The van der Waals surface area contributed by atoms with Crippen LogP contribution in [-0.2, 0) is 11.2 Å². The van der Waals surface area contributed by atoms with Crippen molar-refractivity contribution >= 4 is 11.6 Å². The molecule has 29 heavy (non-hydrogen) atoms. The van der Waals surface area contributed by atoms with Gasteiger partial charge in [-0.15, -0.1) is 0 Å². The molecule has 7 nitrogen and oxygen atoms in total. The number of hydrogen-bond acceptors (Lipinski definition) is 6. The van der Waals surface area contributed by atoms with Crippen LogP contribution in [-0.4, -0.2) is 42.2 Å². The Labute approximate surface area is 170 Å². The van der Waals surface area contributed by atoms with Crippen molar-refractivity contribution in [3.8, 4) is 5.75 Å². The van der Waals surface area contributed by atoms with Crippen LogP contribution >= 0.6 is 0 Å². The van der Waals surface area contributed by atoms with Crippen molar-refractivity contribution in [2.24, 2.45) is 0 Å². The summed E-state index contributed by atoms with van der Waals surface area (Å²) in [5, 5.41) is 13.4. The second kappa shape index (κ2) is 8.39. The molecule has 154 valence electrons. The SMILES string of the molecule is COc1ccc(C(=O)NC(C)c2ccc3c(n2)CCCN3C(O)OC2CC2)cc1. The minimum atomic E-state index is -0.929. The molecular formula is C22H27N3O4. The Morgan fingerprint density at radius 2 is 2.00 bits per heavy atom. The number of nitrogens with zero attached hydrogens (tertiary/aromatic N) is 2. The second-order valence-corrected chi connectivity index (χ2v) is 7.58. The van der Waals surface area contributed by atoms with E-state index in [1.54, 1.807) is 31.4 Å². The zero-order chi connectivity index (χ0) is 20.4. The van der Waals surface area contributed by atoms with Gasteiger partial charge in [0.05, 0.1) is 36.3 Å². The van der Waals surface area contributed by atoms with Crippen molar-refractivity contribution in [2.45, 2.75) is 51.2 Å². The lowest BCUT2D eigenvalue weighted by Crippen LogP contribution is -2.41. The number of nitrogens with one attached hydrogen (secondary N) is 1. The molecule has 4 rings (SSSR count). The number of carbonyl (C=O) groups excluding carboxylic acids is 1. The molecule has 2 unspecified atom stereocenters. The van der Waals surface area contributed by atoms with Crippen LogP contribution in [0.5, 0.6) is 5.75 Å². The molecule has 1 aromatic heterocycles. The van der Waals surface area contributed by atoms with Crippen molar-refractivity contribution < 1.29 is 19.4 Å². The third-order valence-corrected chi connectivity index (χ3v) is 5.34. The topological polar surface area (TPSA) is 83.9 Å². The van der Waals surface area contributed by atoms with E-state index >= 15 is 0 Å². The molecule has 2 aliphatic rings. The highest BCUT2D eigenvalue weighted by Crippen LogP contribution is 2.31. The van der Waals surface area contributed by atoms with Gasteiger partial charge >= 0.3 is 0 Å². The number of pyridine rings is 1. The number of aryl methyl sites for hydroxylation is 1. The van der Waals surface area contributed by atoms with Crippen LogP contribution in [0, 0.1) is 0 Å². The molecule has 0 saturated heterocycles. The number of aromatic nitrogens is 1. The number of carbonyl (C=O) groups is 1. The van der Waals surface area contributed by atoms with E-state index in [9.17, 15) is 9.90 Å². The smallest absolute Gasteiger partial charge is 0.251 e. The zero-order valence-corrected chi connectivity index (χ0v) is 16.8. The van der Waals surface area contributed by atoms with E-state index in [1.807, 2.05) is 24.0 Å². The first kappa shape index (κ1) is 19.7. The summed E-state index contributed by atoms with van der Waals surface area (Å²) < 4.78 is 10.8. The lowest BCUT2D eigenvalue weighted by Gasteiger charge is -2.34. The van der Waals surface area contributed by atoms with Gasteiger partial charge in [-0.3, -0.25) is 9.78 Å². The Bertz CT molecular complexity index is 867. The Morgan fingerprint density at radius 1 is 1.24 bits per heavy atom. The van der Waals surface area contributed by atoms with Crippen LogP contribution < -0.4 is 15.0 Å².